The van der Waals surface area contributed by atoms with Crippen LogP contribution in [0.5, 0.6) is 0 Å². The van der Waals surface area contributed by atoms with Gasteiger partial charge in [0, 0.05) is 7.11 Å². The van der Waals surface area contributed by atoms with Crippen molar-refractivity contribution in [2.24, 2.45) is 0 Å². The summed E-state index contributed by atoms with van der Waals surface area (Å²) >= 11 is 0. The molecule has 0 aliphatic carbocycles. The van der Waals surface area contributed by atoms with Crippen molar-refractivity contribution in [2.75, 3.05) is 7.11 Å². The van der Waals surface area contributed by atoms with E-state index in [1.54, 1.807) is 0 Å². The van der Waals surface area contributed by atoms with Crippen LogP contribution in [0.4, 0.5) is 0 Å². The van der Waals surface area contributed by atoms with Gasteiger partial charge >= 0.3 is 0 Å². The van der Waals surface area contributed by atoms with E-state index in [-0.39, 0.29) is 0 Å². The minimum Gasteiger partial charge on any atom is -0.385 e. The zero-order valence-electron chi connectivity index (χ0n) is 5.47. The zero-order chi connectivity index (χ0) is 7.72. The molecule has 1 aliphatic heterocycles. The molecule has 0 amide bonds. The highest BCUT2D eigenvalue weighted by Crippen LogP contribution is 2.19. The molecule has 0 radical (unpaired) electrons. The number of hydrogen-bond donors (Lipinski definition) is 3. The second-order valence-corrected chi connectivity index (χ2v) is 2.11. The van der Waals surface area contributed by atoms with E-state index < -0.39 is 24.8 Å². The van der Waals surface area contributed by atoms with E-state index in [1.165, 1.54) is 7.11 Å². The average molecular weight is 150 g/mol. The molecule has 10 heavy (non-hydrogen) atoms. The molecular formula is C5H10O5. The molecule has 1 rings (SSSR count). The number of aliphatic hydroxyl groups excluding tert-OH is 3. The van der Waals surface area contributed by atoms with E-state index in [0.717, 1.165) is 0 Å². The SMILES string of the molecule is COC1OC(O)C(O)C1O. The summed E-state index contributed by atoms with van der Waals surface area (Å²) in [6.45, 7) is 0. The maximum absolute atomic E-state index is 8.97. The fraction of sp³-hybridized carbons (Fsp3) is 1.00. The van der Waals surface area contributed by atoms with Gasteiger partial charge < -0.3 is 24.8 Å². The standard InChI is InChI=1S/C5H10O5/c1-9-5-3(7)2(6)4(8)10-5/h2-8H,1H3. The highest BCUT2D eigenvalue weighted by atomic mass is 16.7. The van der Waals surface area contributed by atoms with Gasteiger partial charge in [-0.3, -0.25) is 0 Å². The van der Waals surface area contributed by atoms with E-state index in [9.17, 15) is 0 Å². The first-order valence-electron chi connectivity index (χ1n) is 2.89. The van der Waals surface area contributed by atoms with Crippen molar-refractivity contribution < 1.29 is 24.8 Å². The van der Waals surface area contributed by atoms with Gasteiger partial charge in [-0.05, 0) is 0 Å². The van der Waals surface area contributed by atoms with E-state index in [4.69, 9.17) is 15.3 Å². The molecule has 60 valence electrons. The summed E-state index contributed by atoms with van der Waals surface area (Å²) in [6, 6.07) is 0. The highest BCUT2D eigenvalue weighted by molar-refractivity contribution is 4.79. The van der Waals surface area contributed by atoms with Gasteiger partial charge in [0.1, 0.15) is 12.2 Å². The van der Waals surface area contributed by atoms with Crippen LogP contribution < -0.4 is 0 Å². The van der Waals surface area contributed by atoms with E-state index in [1.807, 2.05) is 0 Å². The average Bonchev–Trinajstić information content (AvgIpc) is 2.17. The molecule has 4 atom stereocenters. The molecule has 1 heterocycles. The molecule has 0 aromatic carbocycles. The van der Waals surface area contributed by atoms with Crippen molar-refractivity contribution in [2.45, 2.75) is 24.8 Å². The van der Waals surface area contributed by atoms with Crippen LogP contribution >= 0.6 is 0 Å². The van der Waals surface area contributed by atoms with Crippen molar-refractivity contribution in [3.63, 3.8) is 0 Å². The summed E-state index contributed by atoms with van der Waals surface area (Å²) in [4.78, 5) is 0. The maximum atomic E-state index is 8.97. The van der Waals surface area contributed by atoms with E-state index >= 15 is 0 Å². The van der Waals surface area contributed by atoms with Crippen LogP contribution in [0.1, 0.15) is 0 Å². The first kappa shape index (κ1) is 7.90. The second kappa shape index (κ2) is 2.81. The van der Waals surface area contributed by atoms with Crippen molar-refractivity contribution in [3.05, 3.63) is 0 Å². The smallest absolute Gasteiger partial charge is 0.189 e. The molecule has 1 aliphatic rings. The Labute approximate surface area is 57.8 Å². The van der Waals surface area contributed by atoms with Gasteiger partial charge in [0.15, 0.2) is 12.6 Å². The Morgan fingerprint density at radius 1 is 1.20 bits per heavy atom. The Morgan fingerprint density at radius 2 is 1.80 bits per heavy atom. The zero-order valence-corrected chi connectivity index (χ0v) is 5.47. The Bertz CT molecular complexity index is 117. The largest absolute Gasteiger partial charge is 0.385 e. The number of ether oxygens (including phenoxy) is 2. The normalized spacial score (nSPS) is 48.0. The summed E-state index contributed by atoms with van der Waals surface area (Å²) in [6.07, 6.45) is -4.71. The molecule has 4 unspecified atom stereocenters. The number of aliphatic hydroxyl groups is 3. The second-order valence-electron chi connectivity index (χ2n) is 2.11. The topological polar surface area (TPSA) is 79.2 Å². The van der Waals surface area contributed by atoms with Crippen molar-refractivity contribution >= 4 is 0 Å². The number of rotatable bonds is 1. The van der Waals surface area contributed by atoms with Crippen LogP contribution in [-0.4, -0.2) is 47.2 Å². The summed E-state index contributed by atoms with van der Waals surface area (Å²) in [5.74, 6) is 0. The minimum absolute atomic E-state index is 0.926. The van der Waals surface area contributed by atoms with Crippen LogP contribution in [-0.2, 0) is 9.47 Å². The molecule has 1 saturated heterocycles. The molecule has 3 N–H and O–H groups in total. The molecule has 0 aromatic heterocycles. The lowest BCUT2D eigenvalue weighted by molar-refractivity contribution is -0.194. The van der Waals surface area contributed by atoms with E-state index in [0.29, 0.717) is 0 Å². The summed E-state index contributed by atoms with van der Waals surface area (Å²) in [5, 5.41) is 26.6. The van der Waals surface area contributed by atoms with Gasteiger partial charge in [0.2, 0.25) is 0 Å². The van der Waals surface area contributed by atoms with Crippen molar-refractivity contribution in [1.82, 2.24) is 0 Å². The third kappa shape index (κ3) is 1.14. The van der Waals surface area contributed by atoms with Gasteiger partial charge in [-0.2, -0.15) is 0 Å². The van der Waals surface area contributed by atoms with E-state index in [2.05, 4.69) is 9.47 Å². The van der Waals surface area contributed by atoms with Gasteiger partial charge in [0.05, 0.1) is 0 Å². The maximum Gasteiger partial charge on any atom is 0.189 e. The monoisotopic (exact) mass is 150 g/mol. The van der Waals surface area contributed by atoms with Gasteiger partial charge in [0.25, 0.3) is 0 Å². The van der Waals surface area contributed by atoms with Crippen LogP contribution in [0, 0.1) is 0 Å². The lowest BCUT2D eigenvalue weighted by Gasteiger charge is -2.10. The number of hydrogen-bond acceptors (Lipinski definition) is 5. The van der Waals surface area contributed by atoms with Crippen LogP contribution in [0.15, 0.2) is 0 Å². The summed E-state index contributed by atoms with van der Waals surface area (Å²) < 4.78 is 9.14. The third-order valence-corrected chi connectivity index (χ3v) is 1.43. The lowest BCUT2D eigenvalue weighted by Crippen LogP contribution is -2.32. The fourth-order valence-corrected chi connectivity index (χ4v) is 0.823. The highest BCUT2D eigenvalue weighted by Gasteiger charge is 2.41. The Kier molecular flexibility index (Phi) is 2.22. The first-order chi connectivity index (χ1) is 4.66. The van der Waals surface area contributed by atoms with Gasteiger partial charge in [-0.25, -0.2) is 0 Å². The molecule has 0 spiro atoms. The molecule has 0 bridgehead atoms. The Morgan fingerprint density at radius 3 is 2.00 bits per heavy atom. The predicted octanol–water partition coefficient (Wildman–Crippen LogP) is -1.97. The molecule has 5 nitrogen and oxygen atoms in total. The quantitative estimate of drug-likeness (QED) is 0.404. The molecule has 5 heteroatoms. The van der Waals surface area contributed by atoms with Crippen molar-refractivity contribution in [3.8, 4) is 0 Å². The molecular weight excluding hydrogens is 140 g/mol. The summed E-state index contributed by atoms with van der Waals surface area (Å²) in [7, 11) is 1.32. The first-order valence-corrected chi connectivity index (χ1v) is 2.89. The minimum atomic E-state index is -1.35. The van der Waals surface area contributed by atoms with Crippen LogP contribution in [0.25, 0.3) is 0 Å². The third-order valence-electron chi connectivity index (χ3n) is 1.43. The fourth-order valence-electron chi connectivity index (χ4n) is 0.823. The van der Waals surface area contributed by atoms with Crippen LogP contribution in [0.3, 0.4) is 0 Å². The lowest BCUT2D eigenvalue weighted by atomic mass is 10.2. The Balaban J connectivity index is 2.53. The van der Waals surface area contributed by atoms with Crippen molar-refractivity contribution in [1.29, 1.82) is 0 Å². The Hall–Kier alpha value is -0.200. The predicted molar refractivity (Wildman–Crippen MR) is 29.9 cm³/mol. The van der Waals surface area contributed by atoms with Gasteiger partial charge in [-0.1, -0.05) is 0 Å². The molecule has 1 fully saturated rings. The van der Waals surface area contributed by atoms with Gasteiger partial charge in [-0.15, -0.1) is 0 Å². The number of methoxy groups -OCH3 is 1. The van der Waals surface area contributed by atoms with Crippen LogP contribution in [0.2, 0.25) is 0 Å². The summed E-state index contributed by atoms with van der Waals surface area (Å²) in [5.41, 5.74) is 0. The molecule has 0 aromatic rings. The molecule has 0 saturated carbocycles.